The summed E-state index contributed by atoms with van der Waals surface area (Å²) in [5.74, 6) is 0. The molecule has 2 rings (SSSR count). The first-order valence-corrected chi connectivity index (χ1v) is 9.25. The van der Waals surface area contributed by atoms with Crippen molar-refractivity contribution >= 4 is 0 Å². The highest BCUT2D eigenvalue weighted by Crippen LogP contribution is 3.00. The summed E-state index contributed by atoms with van der Waals surface area (Å²) in [5.41, 5.74) is 2.64. The molecular formula is C22H42. The van der Waals surface area contributed by atoms with E-state index in [1.807, 2.05) is 0 Å². The highest BCUT2D eigenvalue weighted by atomic mass is 15.0. The first kappa shape index (κ1) is 18.3. The van der Waals surface area contributed by atoms with E-state index in [9.17, 15) is 0 Å². The van der Waals surface area contributed by atoms with Gasteiger partial charge in [-0.1, -0.05) is 96.9 Å². The summed E-state index contributed by atoms with van der Waals surface area (Å²) in [7, 11) is 0. The number of fused-ring (bicyclic) bond motifs is 1. The van der Waals surface area contributed by atoms with Crippen molar-refractivity contribution in [2.75, 3.05) is 0 Å². The van der Waals surface area contributed by atoms with Crippen LogP contribution in [0.5, 0.6) is 0 Å². The second-order valence-corrected chi connectivity index (χ2v) is 12.1. The van der Waals surface area contributed by atoms with Crippen molar-refractivity contribution in [1.82, 2.24) is 0 Å². The molecular weight excluding hydrogens is 264 g/mol. The summed E-state index contributed by atoms with van der Waals surface area (Å²) in [5, 5.41) is 0. The number of hydrogen-bond acceptors (Lipinski definition) is 0. The van der Waals surface area contributed by atoms with E-state index in [-0.39, 0.29) is 5.41 Å². The zero-order valence-corrected chi connectivity index (χ0v) is 18.0. The molecule has 0 amide bonds. The van der Waals surface area contributed by atoms with Gasteiger partial charge in [-0.3, -0.25) is 0 Å². The van der Waals surface area contributed by atoms with Gasteiger partial charge in [0.1, 0.15) is 0 Å². The molecule has 0 aliphatic heterocycles. The predicted molar refractivity (Wildman–Crippen MR) is 98.9 cm³/mol. The van der Waals surface area contributed by atoms with Gasteiger partial charge in [0.2, 0.25) is 0 Å². The summed E-state index contributed by atoms with van der Waals surface area (Å²) < 4.78 is 0. The summed E-state index contributed by atoms with van der Waals surface area (Å²) in [6, 6.07) is 0. The summed E-state index contributed by atoms with van der Waals surface area (Å²) in [4.78, 5) is 0. The molecule has 0 nitrogen and oxygen atoms in total. The fourth-order valence-corrected chi connectivity index (χ4v) is 8.19. The van der Waals surface area contributed by atoms with Gasteiger partial charge in [0.05, 0.1) is 0 Å². The van der Waals surface area contributed by atoms with Gasteiger partial charge in [-0.25, -0.2) is 0 Å². The lowest BCUT2D eigenvalue weighted by Crippen LogP contribution is -2.94. The van der Waals surface area contributed by atoms with Crippen LogP contribution in [0.2, 0.25) is 0 Å². The molecule has 2 saturated carbocycles. The van der Waals surface area contributed by atoms with Crippen LogP contribution in [0, 0.1) is 43.3 Å². The minimum atomic E-state index is 0.269. The van der Waals surface area contributed by atoms with E-state index in [0.29, 0.717) is 37.9 Å². The van der Waals surface area contributed by atoms with Crippen molar-refractivity contribution in [3.8, 4) is 0 Å². The van der Waals surface area contributed by atoms with E-state index in [4.69, 9.17) is 0 Å². The Kier molecular flexibility index (Phi) is 3.04. The molecule has 0 aromatic heterocycles. The molecule has 0 heteroatoms. The second kappa shape index (κ2) is 3.65. The summed E-state index contributed by atoms with van der Waals surface area (Å²) in [6.45, 7) is 35.4. The van der Waals surface area contributed by atoms with Crippen LogP contribution in [0.15, 0.2) is 0 Å². The van der Waals surface area contributed by atoms with Gasteiger partial charge in [0, 0.05) is 0 Å². The molecule has 130 valence electrons. The van der Waals surface area contributed by atoms with Crippen LogP contribution < -0.4 is 0 Å². The standard InChI is InChI=1S/C22H42/c1-15(2,3)16(4,5)20(12)19(10,11)21(13)17(6,7)18(8,9)22(20,21)14/h1-14H3. The molecule has 0 heterocycles. The van der Waals surface area contributed by atoms with Crippen LogP contribution in [0.1, 0.15) is 96.9 Å². The van der Waals surface area contributed by atoms with E-state index < -0.39 is 0 Å². The van der Waals surface area contributed by atoms with Crippen molar-refractivity contribution in [2.24, 2.45) is 43.3 Å². The highest BCUT2D eigenvalue weighted by molar-refractivity contribution is 5.42. The quantitative estimate of drug-likeness (QED) is 0.481. The molecule has 2 fully saturated rings. The van der Waals surface area contributed by atoms with E-state index >= 15 is 0 Å². The summed E-state index contributed by atoms with van der Waals surface area (Å²) >= 11 is 0. The maximum atomic E-state index is 2.61. The third kappa shape index (κ3) is 1.10. The number of rotatable bonds is 1. The molecule has 0 spiro atoms. The molecule has 3 atom stereocenters. The largest absolute Gasteiger partial charge is 0.0596 e. The zero-order chi connectivity index (χ0) is 18.0. The van der Waals surface area contributed by atoms with Gasteiger partial charge in [-0.05, 0) is 43.3 Å². The Hall–Kier alpha value is 0. The maximum absolute atomic E-state index is 2.61. The average molecular weight is 307 g/mol. The monoisotopic (exact) mass is 306 g/mol. The highest BCUT2D eigenvalue weighted by Gasteiger charge is 2.95. The third-order valence-electron chi connectivity index (χ3n) is 11.7. The van der Waals surface area contributed by atoms with Crippen LogP contribution in [0.3, 0.4) is 0 Å². The normalized spacial score (nSPS) is 45.5. The lowest BCUT2D eigenvalue weighted by Gasteiger charge is -2.99. The Morgan fingerprint density at radius 2 is 0.773 bits per heavy atom. The van der Waals surface area contributed by atoms with Gasteiger partial charge in [-0.2, -0.15) is 0 Å². The molecule has 0 bridgehead atoms. The van der Waals surface area contributed by atoms with Gasteiger partial charge in [0.15, 0.2) is 0 Å². The molecule has 2 aliphatic carbocycles. The van der Waals surface area contributed by atoms with Gasteiger partial charge < -0.3 is 0 Å². The van der Waals surface area contributed by atoms with Crippen molar-refractivity contribution < 1.29 is 0 Å². The lowest BCUT2D eigenvalue weighted by atomic mass is 9.05. The van der Waals surface area contributed by atoms with Gasteiger partial charge in [0.25, 0.3) is 0 Å². The van der Waals surface area contributed by atoms with Crippen molar-refractivity contribution in [1.29, 1.82) is 0 Å². The third-order valence-corrected chi connectivity index (χ3v) is 11.7. The van der Waals surface area contributed by atoms with Crippen LogP contribution in [0.25, 0.3) is 0 Å². The SMILES string of the molecule is CC(C)(C)C(C)(C)C1(C)C(C)(C)C2(C)C(C)(C)C(C)(C)C12C. The fourth-order valence-electron chi connectivity index (χ4n) is 8.19. The first-order chi connectivity index (χ1) is 9.25. The Morgan fingerprint density at radius 1 is 0.455 bits per heavy atom. The minimum absolute atomic E-state index is 0.269. The van der Waals surface area contributed by atoms with E-state index in [0.717, 1.165) is 0 Å². The first-order valence-electron chi connectivity index (χ1n) is 9.25. The molecule has 0 aromatic rings. The Bertz CT molecular complexity index is 511. The Balaban J connectivity index is 2.78. The molecule has 0 aromatic carbocycles. The summed E-state index contributed by atoms with van der Waals surface area (Å²) in [6.07, 6.45) is 0. The topological polar surface area (TPSA) is 0 Å². The van der Waals surface area contributed by atoms with Gasteiger partial charge in [-0.15, -0.1) is 0 Å². The molecule has 3 unspecified atom stereocenters. The van der Waals surface area contributed by atoms with E-state index in [2.05, 4.69) is 96.9 Å². The van der Waals surface area contributed by atoms with Crippen molar-refractivity contribution in [3.05, 3.63) is 0 Å². The zero-order valence-electron chi connectivity index (χ0n) is 18.0. The van der Waals surface area contributed by atoms with Crippen LogP contribution >= 0.6 is 0 Å². The van der Waals surface area contributed by atoms with Crippen molar-refractivity contribution in [3.63, 3.8) is 0 Å². The fraction of sp³-hybridized carbons (Fsp3) is 1.00. The van der Waals surface area contributed by atoms with Crippen LogP contribution in [0.4, 0.5) is 0 Å². The molecule has 0 saturated heterocycles. The average Bonchev–Trinajstić information content (AvgIpc) is 2.32. The maximum Gasteiger partial charge on any atom is -0.0140 e. The Morgan fingerprint density at radius 3 is 1.09 bits per heavy atom. The predicted octanol–water partition coefficient (Wildman–Crippen LogP) is 7.18. The van der Waals surface area contributed by atoms with Crippen LogP contribution in [-0.2, 0) is 0 Å². The minimum Gasteiger partial charge on any atom is -0.0596 e. The lowest BCUT2D eigenvalue weighted by molar-refractivity contribution is -0.520. The van der Waals surface area contributed by atoms with E-state index in [1.165, 1.54) is 0 Å². The molecule has 22 heavy (non-hydrogen) atoms. The molecule has 0 radical (unpaired) electrons. The molecule has 0 N–H and O–H groups in total. The van der Waals surface area contributed by atoms with Crippen LogP contribution in [-0.4, -0.2) is 0 Å². The van der Waals surface area contributed by atoms with Gasteiger partial charge >= 0.3 is 0 Å². The molecule has 2 aliphatic rings. The number of hydrogen-bond donors (Lipinski definition) is 0. The smallest absolute Gasteiger partial charge is 0.0140 e. The Labute approximate surface area is 140 Å². The second-order valence-electron chi connectivity index (χ2n) is 12.1. The van der Waals surface area contributed by atoms with Crippen molar-refractivity contribution in [2.45, 2.75) is 96.9 Å². The van der Waals surface area contributed by atoms with E-state index in [1.54, 1.807) is 0 Å².